The first-order valence-electron chi connectivity index (χ1n) is 5.35. The molecular weight excluding hydrogens is 254 g/mol. The average Bonchev–Trinajstić information content (AvgIpc) is 2.34. The smallest absolute Gasteiger partial charge is 0.326 e. The lowest BCUT2D eigenvalue weighted by Crippen LogP contribution is -2.39. The Hall–Kier alpha value is -1.81. The van der Waals surface area contributed by atoms with E-state index in [1.54, 1.807) is 30.3 Å². The topological polar surface area (TPSA) is 57.6 Å². The lowest BCUT2D eigenvalue weighted by atomic mass is 10.2. The minimum absolute atomic E-state index is 0.370. The number of carboxylic acid groups (broad SMARTS) is 1. The Morgan fingerprint density at radius 1 is 1.44 bits per heavy atom. The fourth-order valence-corrected chi connectivity index (χ4v) is 1.45. The van der Waals surface area contributed by atoms with E-state index in [1.165, 1.54) is 20.0 Å². The first kappa shape index (κ1) is 14.3. The van der Waals surface area contributed by atoms with Gasteiger partial charge < -0.3 is 10.0 Å². The van der Waals surface area contributed by atoms with Gasteiger partial charge in [-0.3, -0.25) is 4.79 Å². The van der Waals surface area contributed by atoms with E-state index in [4.69, 9.17) is 16.7 Å². The molecule has 0 aliphatic rings. The lowest BCUT2D eigenvalue weighted by molar-refractivity contribution is -0.146. The Bertz CT molecular complexity index is 485. The van der Waals surface area contributed by atoms with Crippen LogP contribution in [0.2, 0.25) is 5.02 Å². The number of rotatable bonds is 4. The van der Waals surface area contributed by atoms with E-state index >= 15 is 0 Å². The molecule has 0 aromatic heterocycles. The number of nitrogens with zero attached hydrogens (tertiary/aromatic N) is 1. The van der Waals surface area contributed by atoms with Crippen LogP contribution in [0.25, 0.3) is 6.08 Å². The Kier molecular flexibility index (Phi) is 4.92. The average molecular weight is 268 g/mol. The van der Waals surface area contributed by atoms with E-state index in [-0.39, 0.29) is 5.91 Å². The molecule has 18 heavy (non-hydrogen) atoms. The van der Waals surface area contributed by atoms with Gasteiger partial charge in [0.1, 0.15) is 6.04 Å². The van der Waals surface area contributed by atoms with E-state index in [0.29, 0.717) is 5.02 Å². The van der Waals surface area contributed by atoms with Gasteiger partial charge in [-0.25, -0.2) is 4.79 Å². The maximum absolute atomic E-state index is 11.7. The van der Waals surface area contributed by atoms with E-state index < -0.39 is 12.0 Å². The van der Waals surface area contributed by atoms with Crippen molar-refractivity contribution < 1.29 is 14.7 Å². The van der Waals surface area contributed by atoms with Gasteiger partial charge in [0, 0.05) is 18.1 Å². The van der Waals surface area contributed by atoms with Crippen molar-refractivity contribution in [2.75, 3.05) is 7.05 Å². The molecule has 1 unspecified atom stereocenters. The minimum Gasteiger partial charge on any atom is -0.480 e. The molecule has 1 amide bonds. The summed E-state index contributed by atoms with van der Waals surface area (Å²) in [5.41, 5.74) is 0.784. The van der Waals surface area contributed by atoms with Gasteiger partial charge in [0.05, 0.1) is 0 Å². The number of carbonyl (C=O) groups is 2. The molecule has 0 saturated carbocycles. The summed E-state index contributed by atoms with van der Waals surface area (Å²) in [5.74, 6) is -1.41. The standard InChI is InChI=1S/C13H14ClNO3/c1-9(13(17)18)15(2)12(16)7-6-10-4-3-5-11(14)8-10/h3-9H,1-2H3,(H,17,18). The maximum Gasteiger partial charge on any atom is 0.326 e. The fraction of sp³-hybridized carbons (Fsp3) is 0.231. The molecule has 4 nitrogen and oxygen atoms in total. The number of benzene rings is 1. The van der Waals surface area contributed by atoms with E-state index in [9.17, 15) is 9.59 Å². The van der Waals surface area contributed by atoms with E-state index in [1.807, 2.05) is 0 Å². The number of carbonyl (C=O) groups excluding carboxylic acids is 1. The van der Waals surface area contributed by atoms with Crippen LogP contribution in [0.15, 0.2) is 30.3 Å². The predicted molar refractivity (Wildman–Crippen MR) is 70.4 cm³/mol. The van der Waals surface area contributed by atoms with Gasteiger partial charge in [-0.1, -0.05) is 23.7 Å². The van der Waals surface area contributed by atoms with E-state index in [2.05, 4.69) is 0 Å². The van der Waals surface area contributed by atoms with Gasteiger partial charge >= 0.3 is 5.97 Å². The largest absolute Gasteiger partial charge is 0.480 e. The second-order valence-electron chi connectivity index (χ2n) is 3.85. The molecule has 0 heterocycles. The van der Waals surface area contributed by atoms with Crippen LogP contribution in [0.4, 0.5) is 0 Å². The van der Waals surface area contributed by atoms with Crippen molar-refractivity contribution >= 4 is 29.6 Å². The molecule has 0 spiro atoms. The van der Waals surface area contributed by atoms with Gasteiger partial charge in [0.25, 0.3) is 0 Å². The van der Waals surface area contributed by atoms with Crippen molar-refractivity contribution in [3.63, 3.8) is 0 Å². The molecule has 1 aromatic rings. The van der Waals surface area contributed by atoms with Crippen LogP contribution < -0.4 is 0 Å². The second kappa shape index (κ2) is 6.21. The van der Waals surface area contributed by atoms with Crippen LogP contribution in [0, 0.1) is 0 Å². The third-order valence-corrected chi connectivity index (χ3v) is 2.79. The highest BCUT2D eigenvalue weighted by atomic mass is 35.5. The van der Waals surface area contributed by atoms with Crippen LogP contribution in [0.5, 0.6) is 0 Å². The number of hydrogen-bond acceptors (Lipinski definition) is 2. The molecule has 0 aliphatic heterocycles. The molecule has 5 heteroatoms. The third kappa shape index (κ3) is 3.89. The predicted octanol–water partition coefficient (Wildman–Crippen LogP) is 2.28. The van der Waals surface area contributed by atoms with Gasteiger partial charge in [-0.2, -0.15) is 0 Å². The van der Waals surface area contributed by atoms with Crippen molar-refractivity contribution in [1.82, 2.24) is 4.90 Å². The zero-order valence-electron chi connectivity index (χ0n) is 10.1. The number of aliphatic carboxylic acids is 1. The highest BCUT2D eigenvalue weighted by molar-refractivity contribution is 6.30. The third-order valence-electron chi connectivity index (χ3n) is 2.55. The molecule has 1 rings (SSSR count). The SMILES string of the molecule is CC(C(=O)O)N(C)C(=O)C=Cc1cccc(Cl)c1. The summed E-state index contributed by atoms with van der Waals surface area (Å²) in [6, 6.07) is 6.17. The van der Waals surface area contributed by atoms with Gasteiger partial charge in [-0.05, 0) is 30.7 Å². The molecule has 96 valence electrons. The van der Waals surface area contributed by atoms with Gasteiger partial charge in [-0.15, -0.1) is 0 Å². The number of hydrogen-bond donors (Lipinski definition) is 1. The summed E-state index contributed by atoms with van der Waals surface area (Å²) in [7, 11) is 1.45. The second-order valence-corrected chi connectivity index (χ2v) is 4.29. The van der Waals surface area contributed by atoms with Gasteiger partial charge in [0.15, 0.2) is 0 Å². The molecule has 0 saturated heterocycles. The van der Waals surface area contributed by atoms with Crippen molar-refractivity contribution in [2.45, 2.75) is 13.0 Å². The quantitative estimate of drug-likeness (QED) is 0.852. The lowest BCUT2D eigenvalue weighted by Gasteiger charge is -2.19. The highest BCUT2D eigenvalue weighted by Crippen LogP contribution is 2.12. The molecule has 0 fully saturated rings. The molecule has 0 radical (unpaired) electrons. The Morgan fingerprint density at radius 2 is 2.11 bits per heavy atom. The molecule has 0 bridgehead atoms. The van der Waals surface area contributed by atoms with Crippen LogP contribution in [0.1, 0.15) is 12.5 Å². The van der Waals surface area contributed by atoms with Crippen LogP contribution in [0.3, 0.4) is 0 Å². The summed E-state index contributed by atoms with van der Waals surface area (Å²) in [4.78, 5) is 23.6. The van der Waals surface area contributed by atoms with Crippen molar-refractivity contribution in [3.05, 3.63) is 40.9 Å². The highest BCUT2D eigenvalue weighted by Gasteiger charge is 2.19. The van der Waals surface area contributed by atoms with Crippen LogP contribution in [-0.4, -0.2) is 35.0 Å². The van der Waals surface area contributed by atoms with Crippen molar-refractivity contribution in [1.29, 1.82) is 0 Å². The van der Waals surface area contributed by atoms with Crippen LogP contribution in [-0.2, 0) is 9.59 Å². The number of likely N-dealkylation sites (N-methyl/N-ethyl adjacent to an activating group) is 1. The number of carboxylic acids is 1. The van der Waals surface area contributed by atoms with Gasteiger partial charge in [0.2, 0.25) is 5.91 Å². The molecule has 1 aromatic carbocycles. The number of amides is 1. The number of halogens is 1. The van der Waals surface area contributed by atoms with E-state index in [0.717, 1.165) is 10.5 Å². The Balaban J connectivity index is 2.73. The summed E-state index contributed by atoms with van der Waals surface area (Å²) in [6.45, 7) is 1.45. The summed E-state index contributed by atoms with van der Waals surface area (Å²) in [5, 5.41) is 9.37. The first-order chi connectivity index (χ1) is 8.41. The molecule has 1 atom stereocenters. The molecule has 1 N–H and O–H groups in total. The summed E-state index contributed by atoms with van der Waals surface area (Å²) >= 11 is 5.81. The summed E-state index contributed by atoms with van der Waals surface area (Å²) < 4.78 is 0. The fourth-order valence-electron chi connectivity index (χ4n) is 1.25. The van der Waals surface area contributed by atoms with Crippen LogP contribution >= 0.6 is 11.6 Å². The monoisotopic (exact) mass is 267 g/mol. The normalized spacial score (nSPS) is 12.4. The molecular formula is C13H14ClNO3. The molecule has 0 aliphatic carbocycles. The minimum atomic E-state index is -1.04. The zero-order chi connectivity index (χ0) is 13.7. The van der Waals surface area contributed by atoms with Crippen molar-refractivity contribution in [2.24, 2.45) is 0 Å². The zero-order valence-corrected chi connectivity index (χ0v) is 10.9. The first-order valence-corrected chi connectivity index (χ1v) is 5.73. The Morgan fingerprint density at radius 3 is 2.67 bits per heavy atom. The Labute approximate surface area is 110 Å². The van der Waals surface area contributed by atoms with Crippen molar-refractivity contribution in [3.8, 4) is 0 Å². The summed E-state index contributed by atoms with van der Waals surface area (Å²) in [6.07, 6.45) is 2.92. The maximum atomic E-state index is 11.7.